The van der Waals surface area contributed by atoms with Gasteiger partial charge in [-0.2, -0.15) is 5.10 Å². The van der Waals surface area contributed by atoms with Gasteiger partial charge in [-0.25, -0.2) is 0 Å². The number of nitrogens with one attached hydrogen (secondary N) is 3. The highest BCUT2D eigenvalue weighted by Crippen LogP contribution is 2.17. The van der Waals surface area contributed by atoms with Crippen molar-refractivity contribution in [1.29, 1.82) is 0 Å². The van der Waals surface area contributed by atoms with Gasteiger partial charge in [-0.3, -0.25) is 14.8 Å². The third kappa shape index (κ3) is 2.65. The standard InChI is InChI=1S/C11H19N5O/c1-11(2,16-5-3-12-4-6-16)10(17)15-9-7-13-14-8-9/h7-8,12H,3-6H2,1-2H3,(H,13,14)(H,15,17). The van der Waals surface area contributed by atoms with E-state index < -0.39 is 5.54 Å². The van der Waals surface area contributed by atoms with Gasteiger partial charge in [0.25, 0.3) is 0 Å². The number of aromatic nitrogens is 2. The Labute approximate surface area is 101 Å². The molecular weight excluding hydrogens is 218 g/mol. The summed E-state index contributed by atoms with van der Waals surface area (Å²) < 4.78 is 0. The molecule has 6 nitrogen and oxygen atoms in total. The first-order valence-corrected chi connectivity index (χ1v) is 5.87. The maximum absolute atomic E-state index is 12.2. The summed E-state index contributed by atoms with van der Waals surface area (Å²) in [6, 6.07) is 0. The molecular formula is C11H19N5O. The Morgan fingerprint density at radius 1 is 1.47 bits per heavy atom. The van der Waals surface area contributed by atoms with Gasteiger partial charge in [0, 0.05) is 32.4 Å². The van der Waals surface area contributed by atoms with Crippen molar-refractivity contribution in [2.24, 2.45) is 0 Å². The highest BCUT2D eigenvalue weighted by molar-refractivity contribution is 5.97. The van der Waals surface area contributed by atoms with Crippen molar-refractivity contribution in [3.8, 4) is 0 Å². The summed E-state index contributed by atoms with van der Waals surface area (Å²) in [5.74, 6) is 0.000741. The monoisotopic (exact) mass is 237 g/mol. The third-order valence-corrected chi connectivity index (χ3v) is 3.22. The average Bonchev–Trinajstić information content (AvgIpc) is 2.83. The van der Waals surface area contributed by atoms with Crippen molar-refractivity contribution >= 4 is 11.6 Å². The summed E-state index contributed by atoms with van der Waals surface area (Å²) in [6.45, 7) is 7.56. The number of aromatic amines is 1. The number of H-pyrrole nitrogens is 1. The molecule has 0 aromatic carbocycles. The van der Waals surface area contributed by atoms with Crippen molar-refractivity contribution in [2.75, 3.05) is 31.5 Å². The fourth-order valence-corrected chi connectivity index (χ4v) is 1.97. The Kier molecular flexibility index (Phi) is 3.44. The first-order valence-electron chi connectivity index (χ1n) is 5.87. The van der Waals surface area contributed by atoms with E-state index in [0.29, 0.717) is 5.69 Å². The Hall–Kier alpha value is -1.40. The van der Waals surface area contributed by atoms with Gasteiger partial charge >= 0.3 is 0 Å². The van der Waals surface area contributed by atoms with Gasteiger partial charge in [-0.1, -0.05) is 0 Å². The van der Waals surface area contributed by atoms with Crippen LogP contribution in [0.4, 0.5) is 5.69 Å². The van der Waals surface area contributed by atoms with Crippen LogP contribution in [0, 0.1) is 0 Å². The van der Waals surface area contributed by atoms with Crippen molar-refractivity contribution in [3.05, 3.63) is 12.4 Å². The van der Waals surface area contributed by atoms with Crippen molar-refractivity contribution in [2.45, 2.75) is 19.4 Å². The van der Waals surface area contributed by atoms with E-state index >= 15 is 0 Å². The fraction of sp³-hybridized carbons (Fsp3) is 0.636. The third-order valence-electron chi connectivity index (χ3n) is 3.22. The molecule has 1 saturated heterocycles. The van der Waals surface area contributed by atoms with Crippen LogP contribution in [-0.2, 0) is 4.79 Å². The van der Waals surface area contributed by atoms with Crippen LogP contribution in [0.2, 0.25) is 0 Å². The van der Waals surface area contributed by atoms with E-state index in [4.69, 9.17) is 0 Å². The summed E-state index contributed by atoms with van der Waals surface area (Å²) in [4.78, 5) is 14.4. The van der Waals surface area contributed by atoms with E-state index in [9.17, 15) is 4.79 Å². The predicted molar refractivity (Wildman–Crippen MR) is 65.7 cm³/mol. The van der Waals surface area contributed by atoms with Crippen LogP contribution in [-0.4, -0.2) is 52.7 Å². The van der Waals surface area contributed by atoms with Crippen molar-refractivity contribution in [3.63, 3.8) is 0 Å². The molecule has 0 atom stereocenters. The van der Waals surface area contributed by atoms with E-state index in [1.807, 2.05) is 13.8 Å². The number of carbonyl (C=O) groups excluding carboxylic acids is 1. The van der Waals surface area contributed by atoms with Crippen LogP contribution in [0.15, 0.2) is 12.4 Å². The SMILES string of the molecule is CC(C)(C(=O)Nc1cn[nH]c1)N1CCNCC1. The van der Waals surface area contributed by atoms with Crippen LogP contribution in [0.1, 0.15) is 13.8 Å². The van der Waals surface area contributed by atoms with Crippen molar-refractivity contribution < 1.29 is 4.79 Å². The number of amides is 1. The number of hydrogen-bond acceptors (Lipinski definition) is 4. The average molecular weight is 237 g/mol. The molecule has 0 saturated carbocycles. The Bertz CT molecular complexity index is 367. The summed E-state index contributed by atoms with van der Waals surface area (Å²) >= 11 is 0. The lowest BCUT2D eigenvalue weighted by Gasteiger charge is -2.39. The molecule has 0 radical (unpaired) electrons. The molecule has 0 aliphatic carbocycles. The Morgan fingerprint density at radius 3 is 2.76 bits per heavy atom. The Balaban J connectivity index is 2.00. The minimum absolute atomic E-state index is 0.000741. The molecule has 1 aromatic rings. The lowest BCUT2D eigenvalue weighted by molar-refractivity contribution is -0.126. The number of anilines is 1. The number of piperazine rings is 1. The molecule has 0 bridgehead atoms. The zero-order chi connectivity index (χ0) is 12.3. The maximum Gasteiger partial charge on any atom is 0.244 e. The molecule has 0 spiro atoms. The predicted octanol–water partition coefficient (Wildman–Crippen LogP) is 0.0320. The summed E-state index contributed by atoms with van der Waals surface area (Å²) in [5, 5.41) is 12.6. The minimum Gasteiger partial charge on any atom is -0.322 e. The molecule has 1 fully saturated rings. The highest BCUT2D eigenvalue weighted by Gasteiger charge is 2.35. The topological polar surface area (TPSA) is 73.0 Å². The van der Waals surface area contributed by atoms with Crippen LogP contribution in [0.25, 0.3) is 0 Å². The smallest absolute Gasteiger partial charge is 0.244 e. The molecule has 1 aliphatic heterocycles. The van der Waals surface area contributed by atoms with E-state index in [1.54, 1.807) is 12.4 Å². The molecule has 1 aliphatic rings. The quantitative estimate of drug-likeness (QED) is 0.693. The molecule has 1 amide bonds. The second-order valence-electron chi connectivity index (χ2n) is 4.74. The second kappa shape index (κ2) is 4.85. The molecule has 94 valence electrons. The molecule has 6 heteroatoms. The van der Waals surface area contributed by atoms with Crippen LogP contribution >= 0.6 is 0 Å². The molecule has 0 unspecified atom stereocenters. The highest BCUT2D eigenvalue weighted by atomic mass is 16.2. The van der Waals surface area contributed by atoms with Gasteiger partial charge in [-0.05, 0) is 13.8 Å². The summed E-state index contributed by atoms with van der Waals surface area (Å²) in [6.07, 6.45) is 3.28. The summed E-state index contributed by atoms with van der Waals surface area (Å²) in [5.41, 5.74) is 0.206. The number of carbonyl (C=O) groups is 1. The number of hydrogen-bond donors (Lipinski definition) is 3. The lowest BCUT2D eigenvalue weighted by atomic mass is 10.0. The van der Waals surface area contributed by atoms with Gasteiger partial charge in [0.05, 0.1) is 17.4 Å². The van der Waals surface area contributed by atoms with Crippen LogP contribution in [0.3, 0.4) is 0 Å². The number of rotatable bonds is 3. The second-order valence-corrected chi connectivity index (χ2v) is 4.74. The zero-order valence-electron chi connectivity index (χ0n) is 10.3. The molecule has 2 heterocycles. The summed E-state index contributed by atoms with van der Waals surface area (Å²) in [7, 11) is 0. The van der Waals surface area contributed by atoms with Crippen molar-refractivity contribution in [1.82, 2.24) is 20.4 Å². The maximum atomic E-state index is 12.2. The van der Waals surface area contributed by atoms with Gasteiger partial charge < -0.3 is 10.6 Å². The van der Waals surface area contributed by atoms with Gasteiger partial charge in [0.2, 0.25) is 5.91 Å². The lowest BCUT2D eigenvalue weighted by Crippen LogP contribution is -2.58. The normalized spacial score (nSPS) is 18.0. The van der Waals surface area contributed by atoms with Crippen LogP contribution in [0.5, 0.6) is 0 Å². The Morgan fingerprint density at radius 2 is 2.18 bits per heavy atom. The first-order chi connectivity index (χ1) is 8.10. The van der Waals surface area contributed by atoms with Gasteiger partial charge in [0.15, 0.2) is 0 Å². The molecule has 3 N–H and O–H groups in total. The van der Waals surface area contributed by atoms with E-state index in [2.05, 4.69) is 25.7 Å². The zero-order valence-corrected chi connectivity index (χ0v) is 10.3. The number of nitrogens with zero attached hydrogens (tertiary/aromatic N) is 2. The van der Waals surface area contributed by atoms with Crippen LogP contribution < -0.4 is 10.6 Å². The van der Waals surface area contributed by atoms with Gasteiger partial charge in [0.1, 0.15) is 0 Å². The largest absolute Gasteiger partial charge is 0.322 e. The molecule has 17 heavy (non-hydrogen) atoms. The molecule has 2 rings (SSSR count). The fourth-order valence-electron chi connectivity index (χ4n) is 1.97. The minimum atomic E-state index is -0.501. The van der Waals surface area contributed by atoms with E-state index in [0.717, 1.165) is 26.2 Å². The van der Waals surface area contributed by atoms with E-state index in [1.165, 1.54) is 0 Å². The molecule has 1 aromatic heterocycles. The van der Waals surface area contributed by atoms with E-state index in [-0.39, 0.29) is 5.91 Å². The first kappa shape index (κ1) is 12.1. The van der Waals surface area contributed by atoms with Gasteiger partial charge in [-0.15, -0.1) is 0 Å².